The molecule has 1 N–H and O–H groups in total. The molecule has 0 fully saturated rings. The van der Waals surface area contributed by atoms with E-state index in [2.05, 4.69) is 15.5 Å². The molecule has 0 aliphatic rings. The summed E-state index contributed by atoms with van der Waals surface area (Å²) in [6, 6.07) is 0.152. The Hall–Kier alpha value is -2.18. The van der Waals surface area contributed by atoms with E-state index in [1.54, 1.807) is 7.05 Å². The van der Waals surface area contributed by atoms with Crippen LogP contribution in [0.2, 0.25) is 0 Å². The molecule has 0 saturated heterocycles. The van der Waals surface area contributed by atoms with E-state index in [1.807, 2.05) is 13.8 Å². The van der Waals surface area contributed by atoms with Crippen molar-refractivity contribution in [1.82, 2.24) is 19.3 Å². The summed E-state index contributed by atoms with van der Waals surface area (Å²) in [5.41, 5.74) is 0.0922. The van der Waals surface area contributed by atoms with Gasteiger partial charge in [0.15, 0.2) is 5.65 Å². The Balaban J connectivity index is 2.93. The zero-order valence-corrected chi connectivity index (χ0v) is 10.8. The van der Waals surface area contributed by atoms with Crippen molar-refractivity contribution in [2.24, 2.45) is 14.1 Å². The van der Waals surface area contributed by atoms with Crippen molar-refractivity contribution in [2.45, 2.75) is 19.9 Å². The van der Waals surface area contributed by atoms with Crippen LogP contribution in [-0.2, 0) is 14.1 Å². The SMILES string of the molecule is CC(C)Nc1cnnc2c1c(=O)n(C)c(=O)n2C. The van der Waals surface area contributed by atoms with Gasteiger partial charge >= 0.3 is 5.69 Å². The number of aryl methyl sites for hydroxylation is 1. The molecule has 0 radical (unpaired) electrons. The Morgan fingerprint density at radius 1 is 1.22 bits per heavy atom. The highest BCUT2D eigenvalue weighted by atomic mass is 16.2. The number of aromatic nitrogens is 4. The van der Waals surface area contributed by atoms with Crippen LogP contribution in [0.15, 0.2) is 15.8 Å². The molecule has 96 valence electrons. The maximum absolute atomic E-state index is 12.1. The van der Waals surface area contributed by atoms with Gasteiger partial charge in [-0.05, 0) is 13.8 Å². The lowest BCUT2D eigenvalue weighted by Gasteiger charge is -2.13. The molecule has 0 bridgehead atoms. The second kappa shape index (κ2) is 4.25. The Labute approximate surface area is 103 Å². The molecule has 2 aromatic rings. The zero-order valence-electron chi connectivity index (χ0n) is 10.8. The molecule has 0 aliphatic carbocycles. The van der Waals surface area contributed by atoms with Gasteiger partial charge in [0.1, 0.15) is 5.39 Å². The van der Waals surface area contributed by atoms with Crippen LogP contribution in [0.3, 0.4) is 0 Å². The first-order valence-electron chi connectivity index (χ1n) is 5.61. The maximum Gasteiger partial charge on any atom is 0.332 e. The second-order valence-corrected chi connectivity index (χ2v) is 4.46. The monoisotopic (exact) mass is 249 g/mol. The fourth-order valence-electron chi connectivity index (χ4n) is 1.81. The third kappa shape index (κ3) is 1.77. The van der Waals surface area contributed by atoms with Gasteiger partial charge in [0.05, 0.1) is 11.9 Å². The molecular weight excluding hydrogens is 234 g/mol. The third-order valence-corrected chi connectivity index (χ3v) is 2.69. The standard InChI is InChI=1S/C11H15N5O2/c1-6(2)13-7-5-12-14-9-8(7)10(17)16(4)11(18)15(9)3/h5-6H,1-4H3,(H,13,14). The fourth-order valence-corrected chi connectivity index (χ4v) is 1.81. The van der Waals surface area contributed by atoms with Crippen LogP contribution in [0.4, 0.5) is 5.69 Å². The molecule has 2 rings (SSSR count). The molecule has 0 atom stereocenters. The number of anilines is 1. The smallest absolute Gasteiger partial charge is 0.332 e. The zero-order chi connectivity index (χ0) is 13.4. The predicted molar refractivity (Wildman–Crippen MR) is 68.8 cm³/mol. The van der Waals surface area contributed by atoms with Crippen LogP contribution >= 0.6 is 0 Å². The molecule has 7 nitrogen and oxygen atoms in total. The van der Waals surface area contributed by atoms with Crippen molar-refractivity contribution in [3.8, 4) is 0 Å². The average molecular weight is 249 g/mol. The molecule has 7 heteroatoms. The highest BCUT2D eigenvalue weighted by Crippen LogP contribution is 2.15. The van der Waals surface area contributed by atoms with Gasteiger partial charge in [-0.25, -0.2) is 4.79 Å². The van der Waals surface area contributed by atoms with E-state index in [0.717, 1.165) is 4.57 Å². The molecule has 0 spiro atoms. The molecule has 18 heavy (non-hydrogen) atoms. The van der Waals surface area contributed by atoms with E-state index in [1.165, 1.54) is 17.8 Å². The van der Waals surface area contributed by atoms with Gasteiger partial charge in [-0.15, -0.1) is 5.10 Å². The highest BCUT2D eigenvalue weighted by Gasteiger charge is 2.14. The van der Waals surface area contributed by atoms with Gasteiger partial charge in [0.2, 0.25) is 0 Å². The van der Waals surface area contributed by atoms with E-state index < -0.39 is 5.69 Å². The number of hydrogen-bond donors (Lipinski definition) is 1. The normalized spacial score (nSPS) is 11.2. The number of fused-ring (bicyclic) bond motifs is 1. The van der Waals surface area contributed by atoms with Crippen LogP contribution < -0.4 is 16.6 Å². The Morgan fingerprint density at radius 2 is 1.89 bits per heavy atom. The van der Waals surface area contributed by atoms with Crippen molar-refractivity contribution < 1.29 is 0 Å². The largest absolute Gasteiger partial charge is 0.381 e. The molecule has 0 unspecified atom stereocenters. The summed E-state index contributed by atoms with van der Waals surface area (Å²) in [5.74, 6) is 0. The summed E-state index contributed by atoms with van der Waals surface area (Å²) < 4.78 is 2.38. The summed E-state index contributed by atoms with van der Waals surface area (Å²) in [7, 11) is 3.02. The van der Waals surface area contributed by atoms with Crippen LogP contribution in [0.5, 0.6) is 0 Å². The van der Waals surface area contributed by atoms with Crippen LogP contribution in [0.1, 0.15) is 13.8 Å². The fraction of sp³-hybridized carbons (Fsp3) is 0.455. The summed E-state index contributed by atoms with van der Waals surface area (Å²) in [5, 5.41) is 11.2. The van der Waals surface area contributed by atoms with Gasteiger partial charge in [-0.1, -0.05) is 0 Å². The van der Waals surface area contributed by atoms with Crippen LogP contribution in [0, 0.1) is 0 Å². The molecule has 0 amide bonds. The molecule has 0 saturated carbocycles. The molecule has 0 aromatic carbocycles. The maximum atomic E-state index is 12.1. The minimum Gasteiger partial charge on any atom is -0.381 e. The van der Waals surface area contributed by atoms with Crippen molar-refractivity contribution in [3.05, 3.63) is 27.0 Å². The first kappa shape index (κ1) is 12.3. The Morgan fingerprint density at radius 3 is 2.50 bits per heavy atom. The van der Waals surface area contributed by atoms with Crippen molar-refractivity contribution in [3.63, 3.8) is 0 Å². The Kier molecular flexibility index (Phi) is 2.90. The molecule has 2 aromatic heterocycles. The highest BCUT2D eigenvalue weighted by molar-refractivity contribution is 5.87. The quantitative estimate of drug-likeness (QED) is 0.800. The lowest BCUT2D eigenvalue weighted by Crippen LogP contribution is -2.37. The summed E-state index contributed by atoms with van der Waals surface area (Å²) in [6.45, 7) is 3.91. The molecule has 2 heterocycles. The summed E-state index contributed by atoms with van der Waals surface area (Å²) in [6.07, 6.45) is 1.49. The summed E-state index contributed by atoms with van der Waals surface area (Å²) >= 11 is 0. The number of rotatable bonds is 2. The van der Waals surface area contributed by atoms with Crippen molar-refractivity contribution in [1.29, 1.82) is 0 Å². The van der Waals surface area contributed by atoms with E-state index in [9.17, 15) is 9.59 Å². The van der Waals surface area contributed by atoms with Gasteiger partial charge in [0, 0.05) is 20.1 Å². The first-order valence-corrected chi connectivity index (χ1v) is 5.61. The van der Waals surface area contributed by atoms with Gasteiger partial charge in [-0.2, -0.15) is 5.10 Å². The lowest BCUT2D eigenvalue weighted by molar-refractivity contribution is 0.702. The topological polar surface area (TPSA) is 81.8 Å². The van der Waals surface area contributed by atoms with Gasteiger partial charge < -0.3 is 5.32 Å². The first-order chi connectivity index (χ1) is 8.43. The molecule has 0 aliphatic heterocycles. The van der Waals surface area contributed by atoms with Crippen molar-refractivity contribution >= 4 is 16.7 Å². The number of nitrogens with one attached hydrogen (secondary N) is 1. The summed E-state index contributed by atoms with van der Waals surface area (Å²) in [4.78, 5) is 23.9. The third-order valence-electron chi connectivity index (χ3n) is 2.69. The van der Waals surface area contributed by atoms with E-state index in [4.69, 9.17) is 0 Å². The number of hydrogen-bond acceptors (Lipinski definition) is 5. The van der Waals surface area contributed by atoms with Gasteiger partial charge in [0.25, 0.3) is 5.56 Å². The van der Waals surface area contributed by atoms with Crippen LogP contribution in [-0.4, -0.2) is 25.4 Å². The van der Waals surface area contributed by atoms with Crippen molar-refractivity contribution in [2.75, 3.05) is 5.32 Å². The minimum atomic E-state index is -0.413. The second-order valence-electron chi connectivity index (χ2n) is 4.46. The van der Waals surface area contributed by atoms with E-state index in [-0.39, 0.29) is 17.2 Å². The van der Waals surface area contributed by atoms with Gasteiger partial charge in [-0.3, -0.25) is 13.9 Å². The average Bonchev–Trinajstić information content (AvgIpc) is 2.32. The predicted octanol–water partition coefficient (Wildman–Crippen LogP) is -0.153. The minimum absolute atomic E-state index is 0.152. The molecular formula is C11H15N5O2. The lowest BCUT2D eigenvalue weighted by atomic mass is 10.2. The Bertz CT molecular complexity index is 714. The van der Waals surface area contributed by atoms with E-state index >= 15 is 0 Å². The van der Waals surface area contributed by atoms with E-state index in [0.29, 0.717) is 11.1 Å². The number of nitrogens with zero attached hydrogens (tertiary/aromatic N) is 4. The van der Waals surface area contributed by atoms with Crippen LogP contribution in [0.25, 0.3) is 11.0 Å².